The van der Waals surface area contributed by atoms with Gasteiger partial charge in [-0.3, -0.25) is 9.20 Å². The number of carbonyl (C=O) groups excluding carboxylic acids is 1. The van der Waals surface area contributed by atoms with E-state index in [2.05, 4.69) is 30.5 Å². The predicted octanol–water partition coefficient (Wildman–Crippen LogP) is 2.57. The Morgan fingerprint density at radius 3 is 2.72 bits per heavy atom. The number of hydrogen-bond acceptors (Lipinski definition) is 6. The molecule has 1 aliphatic rings. The monoisotopic (exact) mass is 393 g/mol. The second-order valence-corrected chi connectivity index (χ2v) is 7.40. The molecule has 8 heteroatoms. The zero-order valence-electron chi connectivity index (χ0n) is 17.0. The Labute approximate surface area is 170 Å². The van der Waals surface area contributed by atoms with E-state index >= 15 is 0 Å². The minimum Gasteiger partial charge on any atom is -0.356 e. The second kappa shape index (κ2) is 8.46. The van der Waals surface area contributed by atoms with Crippen LogP contribution in [0.4, 0.5) is 11.8 Å². The quantitative estimate of drug-likeness (QED) is 0.626. The minimum absolute atomic E-state index is 0.137. The fraction of sp³-hybridized carbons (Fsp3) is 0.429. The standard InChI is InChI=1S/C21H27N7O/c1-15-14-18(27-11-5-3-6-12-27)26-21(24-15)23-10-9-22-20(29)19-16(2)25-17-8-4-7-13-28(17)19/h4,7-8,13-14H,3,5-6,9-12H2,1-2H3,(H,22,29)(H,23,24,26). The third-order valence-electron chi connectivity index (χ3n) is 5.13. The van der Waals surface area contributed by atoms with Gasteiger partial charge in [0, 0.05) is 44.1 Å². The van der Waals surface area contributed by atoms with Crippen molar-refractivity contribution in [2.24, 2.45) is 0 Å². The summed E-state index contributed by atoms with van der Waals surface area (Å²) in [5.41, 5.74) is 3.00. The summed E-state index contributed by atoms with van der Waals surface area (Å²) in [5.74, 6) is 1.44. The van der Waals surface area contributed by atoms with E-state index in [1.165, 1.54) is 19.3 Å². The number of amides is 1. The molecule has 1 aliphatic heterocycles. The van der Waals surface area contributed by atoms with Crippen LogP contribution >= 0.6 is 0 Å². The number of aryl methyl sites for hydroxylation is 2. The van der Waals surface area contributed by atoms with E-state index in [-0.39, 0.29) is 5.91 Å². The average molecular weight is 393 g/mol. The zero-order chi connectivity index (χ0) is 20.2. The van der Waals surface area contributed by atoms with Gasteiger partial charge in [-0.1, -0.05) is 6.07 Å². The van der Waals surface area contributed by atoms with Crippen molar-refractivity contribution in [2.75, 3.05) is 36.4 Å². The highest BCUT2D eigenvalue weighted by atomic mass is 16.1. The van der Waals surface area contributed by atoms with E-state index in [1.807, 2.05) is 48.7 Å². The molecule has 1 saturated heterocycles. The van der Waals surface area contributed by atoms with Gasteiger partial charge in [0.25, 0.3) is 5.91 Å². The van der Waals surface area contributed by atoms with Crippen LogP contribution in [0.5, 0.6) is 0 Å². The van der Waals surface area contributed by atoms with Gasteiger partial charge in [0.1, 0.15) is 17.2 Å². The number of piperidine rings is 1. The summed E-state index contributed by atoms with van der Waals surface area (Å²) in [6.07, 6.45) is 5.56. The van der Waals surface area contributed by atoms with E-state index in [1.54, 1.807) is 0 Å². The lowest BCUT2D eigenvalue weighted by Crippen LogP contribution is -2.31. The summed E-state index contributed by atoms with van der Waals surface area (Å²) in [6, 6.07) is 7.72. The van der Waals surface area contributed by atoms with Crippen LogP contribution in [0.3, 0.4) is 0 Å². The topological polar surface area (TPSA) is 87.5 Å². The van der Waals surface area contributed by atoms with Gasteiger partial charge in [0.2, 0.25) is 5.95 Å². The fourth-order valence-corrected chi connectivity index (χ4v) is 3.74. The van der Waals surface area contributed by atoms with Crippen LogP contribution in [0, 0.1) is 13.8 Å². The molecule has 152 valence electrons. The van der Waals surface area contributed by atoms with Crippen molar-refractivity contribution < 1.29 is 4.79 Å². The SMILES string of the molecule is Cc1cc(N2CCCCC2)nc(NCCNC(=O)c2c(C)nc3ccccn23)n1. The van der Waals surface area contributed by atoms with Crippen molar-refractivity contribution in [3.63, 3.8) is 0 Å². The lowest BCUT2D eigenvalue weighted by atomic mass is 10.1. The van der Waals surface area contributed by atoms with Crippen LogP contribution in [0.25, 0.3) is 5.65 Å². The van der Waals surface area contributed by atoms with Crippen LogP contribution < -0.4 is 15.5 Å². The molecule has 4 heterocycles. The Bertz CT molecular complexity index is 1010. The normalized spacial score (nSPS) is 14.2. The minimum atomic E-state index is -0.137. The van der Waals surface area contributed by atoms with Crippen LogP contribution in [0.15, 0.2) is 30.5 Å². The van der Waals surface area contributed by atoms with Gasteiger partial charge >= 0.3 is 0 Å². The summed E-state index contributed by atoms with van der Waals surface area (Å²) in [4.78, 5) is 28.5. The van der Waals surface area contributed by atoms with Crippen molar-refractivity contribution in [1.82, 2.24) is 24.7 Å². The summed E-state index contributed by atoms with van der Waals surface area (Å²) in [7, 11) is 0. The van der Waals surface area contributed by atoms with Gasteiger partial charge in [-0.05, 0) is 45.2 Å². The van der Waals surface area contributed by atoms with Gasteiger partial charge in [-0.15, -0.1) is 0 Å². The first kappa shape index (κ1) is 19.2. The number of rotatable bonds is 6. The van der Waals surface area contributed by atoms with Gasteiger partial charge in [-0.2, -0.15) is 4.98 Å². The van der Waals surface area contributed by atoms with E-state index < -0.39 is 0 Å². The predicted molar refractivity (Wildman–Crippen MR) is 114 cm³/mol. The highest BCUT2D eigenvalue weighted by Gasteiger charge is 2.16. The molecule has 0 aliphatic carbocycles. The Kier molecular flexibility index (Phi) is 5.59. The van der Waals surface area contributed by atoms with Gasteiger partial charge < -0.3 is 15.5 Å². The largest absolute Gasteiger partial charge is 0.356 e. The molecule has 3 aromatic heterocycles. The first-order valence-electron chi connectivity index (χ1n) is 10.2. The highest BCUT2D eigenvalue weighted by molar-refractivity contribution is 5.94. The molecular formula is C21H27N7O. The lowest BCUT2D eigenvalue weighted by molar-refractivity contribution is 0.0948. The Morgan fingerprint density at radius 1 is 1.07 bits per heavy atom. The molecule has 3 aromatic rings. The summed E-state index contributed by atoms with van der Waals surface area (Å²) >= 11 is 0. The maximum atomic E-state index is 12.6. The van der Waals surface area contributed by atoms with E-state index in [0.29, 0.717) is 24.7 Å². The first-order chi connectivity index (χ1) is 14.1. The number of carbonyl (C=O) groups is 1. The smallest absolute Gasteiger partial charge is 0.270 e. The molecule has 1 amide bonds. The summed E-state index contributed by atoms with van der Waals surface area (Å²) < 4.78 is 1.81. The number of anilines is 2. The van der Waals surface area contributed by atoms with Crippen molar-refractivity contribution in [3.8, 4) is 0 Å². The zero-order valence-corrected chi connectivity index (χ0v) is 17.0. The molecule has 2 N–H and O–H groups in total. The number of fused-ring (bicyclic) bond motifs is 1. The van der Waals surface area contributed by atoms with E-state index in [9.17, 15) is 4.79 Å². The summed E-state index contributed by atoms with van der Waals surface area (Å²) in [5, 5.41) is 6.18. The molecule has 0 saturated carbocycles. The van der Waals surface area contributed by atoms with Gasteiger partial charge in [0.15, 0.2) is 0 Å². The Morgan fingerprint density at radius 2 is 1.90 bits per heavy atom. The third kappa shape index (κ3) is 4.31. The molecule has 0 aromatic carbocycles. The van der Waals surface area contributed by atoms with Gasteiger partial charge in [-0.25, -0.2) is 9.97 Å². The molecule has 0 spiro atoms. The summed E-state index contributed by atoms with van der Waals surface area (Å²) in [6.45, 7) is 6.94. The molecule has 29 heavy (non-hydrogen) atoms. The van der Waals surface area contributed by atoms with Crippen LogP contribution in [0.2, 0.25) is 0 Å². The van der Waals surface area contributed by atoms with Crippen molar-refractivity contribution in [2.45, 2.75) is 33.1 Å². The fourth-order valence-electron chi connectivity index (χ4n) is 3.74. The molecule has 0 unspecified atom stereocenters. The first-order valence-corrected chi connectivity index (χ1v) is 10.2. The number of nitrogens with zero attached hydrogens (tertiary/aromatic N) is 5. The molecule has 0 radical (unpaired) electrons. The number of nitrogens with one attached hydrogen (secondary N) is 2. The molecule has 0 bridgehead atoms. The average Bonchev–Trinajstić information content (AvgIpc) is 3.07. The van der Waals surface area contributed by atoms with Gasteiger partial charge in [0.05, 0.1) is 5.69 Å². The molecule has 1 fully saturated rings. The van der Waals surface area contributed by atoms with Crippen LogP contribution in [0.1, 0.15) is 41.1 Å². The molecule has 0 atom stereocenters. The maximum absolute atomic E-state index is 12.6. The second-order valence-electron chi connectivity index (χ2n) is 7.40. The van der Waals surface area contributed by atoms with Crippen LogP contribution in [-0.2, 0) is 0 Å². The number of imidazole rings is 1. The molecular weight excluding hydrogens is 366 g/mol. The van der Waals surface area contributed by atoms with Crippen molar-refractivity contribution in [1.29, 1.82) is 0 Å². The Hall–Kier alpha value is -3.16. The highest BCUT2D eigenvalue weighted by Crippen LogP contribution is 2.19. The number of aromatic nitrogens is 4. The lowest BCUT2D eigenvalue weighted by Gasteiger charge is -2.28. The number of hydrogen-bond donors (Lipinski definition) is 2. The molecule has 8 nitrogen and oxygen atoms in total. The number of pyridine rings is 1. The van der Waals surface area contributed by atoms with E-state index in [4.69, 9.17) is 0 Å². The van der Waals surface area contributed by atoms with Crippen LogP contribution in [-0.4, -0.2) is 51.4 Å². The third-order valence-corrected chi connectivity index (χ3v) is 5.13. The van der Waals surface area contributed by atoms with Crippen molar-refractivity contribution in [3.05, 3.63) is 47.5 Å². The Balaban J connectivity index is 1.35. The maximum Gasteiger partial charge on any atom is 0.270 e. The molecule has 4 rings (SSSR count). The van der Waals surface area contributed by atoms with E-state index in [0.717, 1.165) is 35.9 Å². The van der Waals surface area contributed by atoms with Crippen molar-refractivity contribution >= 4 is 23.3 Å².